The van der Waals surface area contributed by atoms with E-state index in [4.69, 9.17) is 10.5 Å². The summed E-state index contributed by atoms with van der Waals surface area (Å²) in [5, 5.41) is 1.97. The number of anilines is 2. The summed E-state index contributed by atoms with van der Waals surface area (Å²) in [6.45, 7) is 4.76. The summed E-state index contributed by atoms with van der Waals surface area (Å²) < 4.78 is 43.0. The number of nitrogens with zero attached hydrogens (tertiary/aromatic N) is 1. The molecular weight excluding hydrogens is 263 g/mol. The van der Waals surface area contributed by atoms with E-state index in [2.05, 4.69) is 4.98 Å². The summed E-state index contributed by atoms with van der Waals surface area (Å²) in [5.74, 6) is 0. The molecule has 0 radical (unpaired) electrons. The lowest BCUT2D eigenvalue weighted by Crippen LogP contribution is -2.28. The van der Waals surface area contributed by atoms with E-state index in [1.807, 2.05) is 5.32 Å². The molecule has 5 nitrogen and oxygen atoms in total. The smallest absolute Gasteiger partial charge is 0.435 e. The van der Waals surface area contributed by atoms with Crippen molar-refractivity contribution in [3.8, 4) is 0 Å². The fourth-order valence-electron chi connectivity index (χ4n) is 1.23. The molecule has 8 heteroatoms. The van der Waals surface area contributed by atoms with Crippen molar-refractivity contribution < 1.29 is 22.7 Å². The van der Waals surface area contributed by atoms with Gasteiger partial charge in [-0.05, 0) is 26.8 Å². The zero-order valence-corrected chi connectivity index (χ0v) is 10.6. The van der Waals surface area contributed by atoms with Crippen LogP contribution in [-0.2, 0) is 10.9 Å². The van der Waals surface area contributed by atoms with Gasteiger partial charge in [-0.3, -0.25) is 5.32 Å². The number of pyridine rings is 1. The highest BCUT2D eigenvalue weighted by Crippen LogP contribution is 2.36. The van der Waals surface area contributed by atoms with Gasteiger partial charge in [-0.25, -0.2) is 9.78 Å². The number of aromatic nitrogens is 1. The van der Waals surface area contributed by atoms with Crippen LogP contribution in [-0.4, -0.2) is 16.7 Å². The molecule has 106 valence electrons. The third kappa shape index (κ3) is 4.31. The number of nitrogen functional groups attached to an aromatic ring is 1. The first-order valence-corrected chi connectivity index (χ1v) is 5.32. The third-order valence-corrected chi connectivity index (χ3v) is 1.88. The van der Waals surface area contributed by atoms with Crippen molar-refractivity contribution in [1.82, 2.24) is 4.98 Å². The Morgan fingerprint density at radius 2 is 1.95 bits per heavy atom. The van der Waals surface area contributed by atoms with Crippen LogP contribution in [0.3, 0.4) is 0 Å². The molecule has 0 atom stereocenters. The number of alkyl halides is 3. The van der Waals surface area contributed by atoms with Crippen LogP contribution in [0.15, 0.2) is 12.3 Å². The molecule has 0 aliphatic heterocycles. The third-order valence-electron chi connectivity index (χ3n) is 1.88. The lowest BCUT2D eigenvalue weighted by Gasteiger charge is -2.21. The van der Waals surface area contributed by atoms with E-state index in [1.54, 1.807) is 20.8 Å². The molecule has 1 heterocycles. The Bertz CT molecular complexity index is 481. The van der Waals surface area contributed by atoms with Crippen molar-refractivity contribution in [2.24, 2.45) is 0 Å². The van der Waals surface area contributed by atoms with Crippen molar-refractivity contribution in [2.45, 2.75) is 32.5 Å². The van der Waals surface area contributed by atoms with Gasteiger partial charge >= 0.3 is 12.3 Å². The van der Waals surface area contributed by atoms with Gasteiger partial charge in [0.15, 0.2) is 5.69 Å². The zero-order valence-electron chi connectivity index (χ0n) is 10.6. The average molecular weight is 277 g/mol. The highest BCUT2D eigenvalue weighted by molar-refractivity contribution is 5.90. The molecule has 0 unspecified atom stereocenters. The monoisotopic (exact) mass is 277 g/mol. The maximum Gasteiger partial charge on any atom is 0.435 e. The van der Waals surface area contributed by atoms with Gasteiger partial charge in [0.25, 0.3) is 0 Å². The van der Waals surface area contributed by atoms with E-state index in [0.717, 1.165) is 12.3 Å². The lowest BCUT2D eigenvalue weighted by molar-refractivity contribution is -0.140. The lowest BCUT2D eigenvalue weighted by atomic mass is 10.2. The summed E-state index contributed by atoms with van der Waals surface area (Å²) in [6, 6.07) is 1.15. The first-order chi connectivity index (χ1) is 8.50. The number of carbonyl (C=O) groups excluding carboxylic acids is 1. The fourth-order valence-corrected chi connectivity index (χ4v) is 1.23. The number of carbonyl (C=O) groups is 1. The van der Waals surface area contributed by atoms with Gasteiger partial charge in [-0.15, -0.1) is 0 Å². The van der Waals surface area contributed by atoms with Crippen molar-refractivity contribution >= 4 is 17.5 Å². The fraction of sp³-hybridized carbons (Fsp3) is 0.455. The summed E-state index contributed by atoms with van der Waals surface area (Å²) >= 11 is 0. The van der Waals surface area contributed by atoms with Gasteiger partial charge in [0.1, 0.15) is 5.60 Å². The molecule has 0 aliphatic rings. The second-order valence-corrected chi connectivity index (χ2v) is 4.75. The van der Waals surface area contributed by atoms with E-state index in [0.29, 0.717) is 0 Å². The average Bonchev–Trinajstić information content (AvgIpc) is 2.16. The van der Waals surface area contributed by atoms with Gasteiger partial charge in [0.05, 0.1) is 11.4 Å². The standard InChI is InChI=1S/C11H14F3N3O2/c1-10(2,3)19-9(18)17-7-6(15)4-5-16-8(7)11(12,13)14/h4-5H,1-3H3,(H2,15,16)(H,17,18). The molecule has 1 amide bonds. The Kier molecular flexibility index (Phi) is 3.92. The molecule has 0 aromatic carbocycles. The Balaban J connectivity index is 3.04. The number of hydrogen-bond acceptors (Lipinski definition) is 4. The van der Waals surface area contributed by atoms with Gasteiger partial charge in [-0.2, -0.15) is 13.2 Å². The number of nitrogens with one attached hydrogen (secondary N) is 1. The number of amides is 1. The van der Waals surface area contributed by atoms with Crippen molar-refractivity contribution in [2.75, 3.05) is 11.1 Å². The SMILES string of the molecule is CC(C)(C)OC(=O)Nc1c(N)ccnc1C(F)(F)F. The summed E-state index contributed by atoms with van der Waals surface area (Å²) in [4.78, 5) is 14.7. The Labute approximate surface area is 108 Å². The van der Waals surface area contributed by atoms with Gasteiger partial charge in [-0.1, -0.05) is 0 Å². The highest BCUT2D eigenvalue weighted by atomic mass is 19.4. The highest BCUT2D eigenvalue weighted by Gasteiger charge is 2.37. The molecule has 3 N–H and O–H groups in total. The predicted molar refractivity (Wildman–Crippen MR) is 63.5 cm³/mol. The van der Waals surface area contributed by atoms with Crippen LogP contribution >= 0.6 is 0 Å². The molecule has 19 heavy (non-hydrogen) atoms. The number of ether oxygens (including phenoxy) is 1. The van der Waals surface area contributed by atoms with Crippen LogP contribution in [0.2, 0.25) is 0 Å². The van der Waals surface area contributed by atoms with Crippen molar-refractivity contribution in [3.05, 3.63) is 18.0 Å². The molecule has 0 bridgehead atoms. The molecule has 0 saturated heterocycles. The molecule has 0 fully saturated rings. The van der Waals surface area contributed by atoms with E-state index in [9.17, 15) is 18.0 Å². The normalized spacial score (nSPS) is 12.1. The second kappa shape index (κ2) is 4.94. The van der Waals surface area contributed by atoms with Crippen LogP contribution in [0.1, 0.15) is 26.5 Å². The molecule has 1 aromatic heterocycles. The molecule has 0 saturated carbocycles. The molecular formula is C11H14F3N3O2. The number of halogens is 3. The van der Waals surface area contributed by atoms with Crippen LogP contribution in [0.4, 0.5) is 29.3 Å². The number of nitrogens with two attached hydrogens (primary N) is 1. The minimum Gasteiger partial charge on any atom is -0.444 e. The van der Waals surface area contributed by atoms with Crippen LogP contribution < -0.4 is 11.1 Å². The van der Waals surface area contributed by atoms with Gasteiger partial charge in [0, 0.05) is 6.20 Å². The topological polar surface area (TPSA) is 77.2 Å². The Morgan fingerprint density at radius 1 is 1.37 bits per heavy atom. The van der Waals surface area contributed by atoms with Crippen LogP contribution in [0.25, 0.3) is 0 Å². The predicted octanol–water partition coefficient (Wildman–Crippen LogP) is 3.03. The summed E-state index contributed by atoms with van der Waals surface area (Å²) in [7, 11) is 0. The first-order valence-electron chi connectivity index (χ1n) is 5.32. The van der Waals surface area contributed by atoms with Crippen molar-refractivity contribution in [3.63, 3.8) is 0 Å². The molecule has 1 rings (SSSR count). The number of hydrogen-bond donors (Lipinski definition) is 2. The largest absolute Gasteiger partial charge is 0.444 e. The van der Waals surface area contributed by atoms with E-state index in [-0.39, 0.29) is 5.69 Å². The molecule has 0 spiro atoms. The maximum atomic E-state index is 12.7. The van der Waals surface area contributed by atoms with E-state index < -0.39 is 29.3 Å². The summed E-state index contributed by atoms with van der Waals surface area (Å²) in [5.41, 5.74) is 2.47. The number of rotatable bonds is 1. The maximum absolute atomic E-state index is 12.7. The zero-order chi connectivity index (χ0) is 14.8. The van der Waals surface area contributed by atoms with E-state index >= 15 is 0 Å². The minimum atomic E-state index is -4.72. The molecule has 1 aromatic rings. The first kappa shape index (κ1) is 15.1. The Hall–Kier alpha value is -1.99. The minimum absolute atomic E-state index is 0.242. The second-order valence-electron chi connectivity index (χ2n) is 4.75. The Morgan fingerprint density at radius 3 is 2.42 bits per heavy atom. The quantitative estimate of drug-likeness (QED) is 0.827. The summed E-state index contributed by atoms with van der Waals surface area (Å²) in [6.07, 6.45) is -4.84. The van der Waals surface area contributed by atoms with Crippen molar-refractivity contribution in [1.29, 1.82) is 0 Å². The van der Waals surface area contributed by atoms with Crippen LogP contribution in [0.5, 0.6) is 0 Å². The van der Waals surface area contributed by atoms with E-state index in [1.165, 1.54) is 0 Å². The van der Waals surface area contributed by atoms with Gasteiger partial charge < -0.3 is 10.5 Å². The van der Waals surface area contributed by atoms with Crippen LogP contribution in [0, 0.1) is 0 Å². The van der Waals surface area contributed by atoms with Gasteiger partial charge in [0.2, 0.25) is 0 Å². The molecule has 0 aliphatic carbocycles.